The fraction of sp³-hybridized carbons (Fsp3) is 0.421. The number of aromatic nitrogens is 2. The van der Waals surface area contributed by atoms with Gasteiger partial charge >= 0.3 is 6.01 Å². The number of nitrogens with one attached hydrogen (secondary N) is 1. The molecular weight excluding hydrogens is 330 g/mol. The predicted molar refractivity (Wildman–Crippen MR) is 101 cm³/mol. The molecule has 0 bridgehead atoms. The summed E-state index contributed by atoms with van der Waals surface area (Å²) in [5.74, 6) is -0.111. The fourth-order valence-corrected chi connectivity index (χ4v) is 2.73. The summed E-state index contributed by atoms with van der Waals surface area (Å²) in [5.41, 5.74) is 2.78. The average molecular weight is 355 g/mol. The van der Waals surface area contributed by atoms with Crippen molar-refractivity contribution in [2.75, 3.05) is 51.3 Å². The van der Waals surface area contributed by atoms with E-state index in [0.29, 0.717) is 24.7 Å². The maximum atomic E-state index is 12.0. The Morgan fingerprint density at radius 2 is 1.77 bits per heavy atom. The lowest BCUT2D eigenvalue weighted by atomic mass is 10.1. The smallest absolute Gasteiger partial charge is 0.316 e. The number of ether oxygens (including phenoxy) is 1. The summed E-state index contributed by atoms with van der Waals surface area (Å²) in [7, 11) is 2.13. The zero-order valence-corrected chi connectivity index (χ0v) is 15.3. The van der Waals surface area contributed by atoms with Crippen LogP contribution in [0.1, 0.15) is 15.9 Å². The minimum Gasteiger partial charge on any atom is -0.462 e. The molecular formula is C19H25N5O2. The van der Waals surface area contributed by atoms with Gasteiger partial charge in [0.25, 0.3) is 5.91 Å². The molecule has 1 saturated heterocycles. The van der Waals surface area contributed by atoms with Crippen LogP contribution in [-0.2, 0) is 0 Å². The number of hydrogen-bond acceptors (Lipinski definition) is 6. The standard InChI is InChI=1S/C19H25N5O2/c1-15-3-5-16(6-4-15)18(25)20-7-12-26-19-21-13-17(14-22-19)24-10-8-23(2)9-11-24/h3-6,13-14H,7-12H2,1-2H3,(H,20,25). The summed E-state index contributed by atoms with van der Waals surface area (Å²) in [4.78, 5) is 25.1. The van der Waals surface area contributed by atoms with Gasteiger partial charge in [0.05, 0.1) is 24.6 Å². The molecule has 0 unspecified atom stereocenters. The van der Waals surface area contributed by atoms with Crippen LogP contribution in [0, 0.1) is 6.92 Å². The van der Waals surface area contributed by atoms with Gasteiger partial charge in [-0.15, -0.1) is 0 Å². The van der Waals surface area contributed by atoms with Crippen molar-refractivity contribution < 1.29 is 9.53 Å². The summed E-state index contributed by atoms with van der Waals surface area (Å²) in [6.45, 7) is 6.75. The van der Waals surface area contributed by atoms with Crippen molar-refractivity contribution in [2.24, 2.45) is 0 Å². The molecule has 7 heteroatoms. The maximum absolute atomic E-state index is 12.0. The molecule has 26 heavy (non-hydrogen) atoms. The Morgan fingerprint density at radius 3 is 2.42 bits per heavy atom. The number of benzene rings is 1. The highest BCUT2D eigenvalue weighted by molar-refractivity contribution is 5.94. The SMILES string of the molecule is Cc1ccc(C(=O)NCCOc2ncc(N3CCN(C)CC3)cn2)cc1. The molecule has 2 heterocycles. The molecule has 0 saturated carbocycles. The Kier molecular flexibility index (Phi) is 6.01. The van der Waals surface area contributed by atoms with E-state index < -0.39 is 0 Å². The van der Waals surface area contributed by atoms with E-state index in [1.54, 1.807) is 12.4 Å². The van der Waals surface area contributed by atoms with Gasteiger partial charge in [-0.2, -0.15) is 0 Å². The first kappa shape index (κ1) is 18.1. The highest BCUT2D eigenvalue weighted by atomic mass is 16.5. The number of carbonyl (C=O) groups is 1. The van der Waals surface area contributed by atoms with Crippen molar-refractivity contribution in [2.45, 2.75) is 6.92 Å². The third-order valence-corrected chi connectivity index (χ3v) is 4.42. The lowest BCUT2D eigenvalue weighted by molar-refractivity contribution is 0.0946. The van der Waals surface area contributed by atoms with Gasteiger partial charge in [-0.25, -0.2) is 9.97 Å². The number of hydrogen-bond donors (Lipinski definition) is 1. The number of amides is 1. The third-order valence-electron chi connectivity index (χ3n) is 4.42. The summed E-state index contributed by atoms with van der Waals surface area (Å²) in [5, 5.41) is 2.82. The van der Waals surface area contributed by atoms with Crippen LogP contribution >= 0.6 is 0 Å². The molecule has 1 N–H and O–H groups in total. The molecule has 1 aliphatic heterocycles. The minimum absolute atomic E-state index is 0.111. The van der Waals surface area contributed by atoms with Crippen molar-refractivity contribution in [1.29, 1.82) is 0 Å². The molecule has 1 aromatic carbocycles. The summed E-state index contributed by atoms with van der Waals surface area (Å²) in [6.07, 6.45) is 3.58. The Bertz CT molecular complexity index is 710. The molecule has 7 nitrogen and oxygen atoms in total. The summed E-state index contributed by atoms with van der Waals surface area (Å²) >= 11 is 0. The maximum Gasteiger partial charge on any atom is 0.316 e. The molecule has 138 valence electrons. The number of carbonyl (C=O) groups excluding carboxylic acids is 1. The van der Waals surface area contributed by atoms with Crippen molar-refractivity contribution >= 4 is 11.6 Å². The summed E-state index contributed by atoms with van der Waals surface area (Å²) in [6, 6.07) is 7.78. The highest BCUT2D eigenvalue weighted by Crippen LogP contribution is 2.15. The van der Waals surface area contributed by atoms with Gasteiger partial charge in [0.1, 0.15) is 6.61 Å². The summed E-state index contributed by atoms with van der Waals surface area (Å²) < 4.78 is 5.51. The van der Waals surface area contributed by atoms with E-state index in [9.17, 15) is 4.79 Å². The van der Waals surface area contributed by atoms with Crippen molar-refractivity contribution in [1.82, 2.24) is 20.2 Å². The van der Waals surface area contributed by atoms with Gasteiger partial charge in [-0.1, -0.05) is 17.7 Å². The monoisotopic (exact) mass is 355 g/mol. The van der Waals surface area contributed by atoms with Crippen LogP contribution in [0.2, 0.25) is 0 Å². The molecule has 0 spiro atoms. The molecule has 1 aliphatic rings. The highest BCUT2D eigenvalue weighted by Gasteiger charge is 2.15. The van der Waals surface area contributed by atoms with Crippen LogP contribution in [0.5, 0.6) is 6.01 Å². The molecule has 0 radical (unpaired) electrons. The molecule has 0 aliphatic carbocycles. The van der Waals surface area contributed by atoms with Crippen LogP contribution in [0.3, 0.4) is 0 Å². The number of aryl methyl sites for hydroxylation is 1. The first-order valence-electron chi connectivity index (χ1n) is 8.85. The van der Waals surface area contributed by atoms with E-state index >= 15 is 0 Å². The lowest BCUT2D eigenvalue weighted by Gasteiger charge is -2.33. The molecule has 1 amide bonds. The van der Waals surface area contributed by atoms with Crippen molar-refractivity contribution in [3.63, 3.8) is 0 Å². The quantitative estimate of drug-likeness (QED) is 0.789. The number of piperazine rings is 1. The van der Waals surface area contributed by atoms with Crippen LogP contribution in [-0.4, -0.2) is 67.2 Å². The van der Waals surface area contributed by atoms with Crippen LogP contribution in [0.15, 0.2) is 36.7 Å². The molecule has 3 rings (SSSR count). The molecule has 1 aromatic heterocycles. The zero-order chi connectivity index (χ0) is 18.4. The number of likely N-dealkylation sites (N-methyl/N-ethyl adjacent to an activating group) is 1. The Hall–Kier alpha value is -2.67. The Balaban J connectivity index is 1.41. The lowest BCUT2D eigenvalue weighted by Crippen LogP contribution is -2.44. The number of rotatable bonds is 6. The van der Waals surface area contributed by atoms with Gasteiger partial charge in [-0.3, -0.25) is 4.79 Å². The van der Waals surface area contributed by atoms with E-state index in [4.69, 9.17) is 4.74 Å². The van der Waals surface area contributed by atoms with Gasteiger partial charge < -0.3 is 19.9 Å². The van der Waals surface area contributed by atoms with Gasteiger partial charge in [0, 0.05) is 31.7 Å². The minimum atomic E-state index is -0.111. The van der Waals surface area contributed by atoms with Crippen LogP contribution in [0.4, 0.5) is 5.69 Å². The van der Waals surface area contributed by atoms with E-state index in [1.165, 1.54) is 0 Å². The number of anilines is 1. The van der Waals surface area contributed by atoms with Gasteiger partial charge in [0.2, 0.25) is 0 Å². The Morgan fingerprint density at radius 1 is 1.12 bits per heavy atom. The van der Waals surface area contributed by atoms with Crippen molar-refractivity contribution in [3.8, 4) is 6.01 Å². The molecule has 1 fully saturated rings. The second-order valence-corrected chi connectivity index (χ2v) is 6.48. The van der Waals surface area contributed by atoms with E-state index in [1.807, 2.05) is 31.2 Å². The average Bonchev–Trinajstić information content (AvgIpc) is 2.67. The van der Waals surface area contributed by atoms with E-state index in [0.717, 1.165) is 37.4 Å². The second-order valence-electron chi connectivity index (χ2n) is 6.48. The van der Waals surface area contributed by atoms with Crippen molar-refractivity contribution in [3.05, 3.63) is 47.8 Å². The normalized spacial score (nSPS) is 14.9. The molecule has 2 aromatic rings. The first-order valence-corrected chi connectivity index (χ1v) is 8.85. The zero-order valence-electron chi connectivity index (χ0n) is 15.3. The third kappa shape index (κ3) is 4.92. The van der Waals surface area contributed by atoms with E-state index in [-0.39, 0.29) is 5.91 Å². The number of nitrogens with zero attached hydrogens (tertiary/aromatic N) is 4. The fourth-order valence-electron chi connectivity index (χ4n) is 2.73. The van der Waals surface area contributed by atoms with Crippen LogP contribution in [0.25, 0.3) is 0 Å². The van der Waals surface area contributed by atoms with Crippen LogP contribution < -0.4 is 15.0 Å². The Labute approximate surface area is 154 Å². The van der Waals surface area contributed by atoms with Gasteiger partial charge in [-0.05, 0) is 26.1 Å². The largest absolute Gasteiger partial charge is 0.462 e. The molecule has 0 atom stereocenters. The first-order chi connectivity index (χ1) is 12.6. The topological polar surface area (TPSA) is 70.6 Å². The predicted octanol–water partition coefficient (Wildman–Crippen LogP) is 1.35. The second kappa shape index (κ2) is 8.62. The van der Waals surface area contributed by atoms with E-state index in [2.05, 4.69) is 32.1 Å². The van der Waals surface area contributed by atoms with Gasteiger partial charge in [0.15, 0.2) is 0 Å².